The predicted molar refractivity (Wildman–Crippen MR) is 70.5 cm³/mol. The van der Waals surface area contributed by atoms with Gasteiger partial charge in [-0.3, -0.25) is 4.79 Å². The van der Waals surface area contributed by atoms with E-state index < -0.39 is 0 Å². The topological polar surface area (TPSA) is 51.1 Å². The predicted octanol–water partition coefficient (Wildman–Crippen LogP) is 1.93. The normalized spacial score (nSPS) is 16.7. The summed E-state index contributed by atoms with van der Waals surface area (Å²) in [7, 11) is 0. The van der Waals surface area contributed by atoms with Crippen molar-refractivity contribution in [1.82, 2.24) is 5.01 Å². The molecular formula is C14H16N2O3. The SMILES string of the molecule is CCC(=O)N1CCc2cc3c(cc2C(C)=N1)OCO3. The molecule has 0 atom stereocenters. The quantitative estimate of drug-likeness (QED) is 0.775. The molecule has 5 heteroatoms. The Morgan fingerprint density at radius 3 is 2.84 bits per heavy atom. The zero-order chi connectivity index (χ0) is 13.4. The first-order chi connectivity index (χ1) is 9.19. The monoisotopic (exact) mass is 260 g/mol. The minimum Gasteiger partial charge on any atom is -0.454 e. The summed E-state index contributed by atoms with van der Waals surface area (Å²) in [5, 5.41) is 5.98. The largest absolute Gasteiger partial charge is 0.454 e. The summed E-state index contributed by atoms with van der Waals surface area (Å²) in [6.07, 6.45) is 1.24. The third-order valence-corrected chi connectivity index (χ3v) is 3.44. The van der Waals surface area contributed by atoms with Crippen molar-refractivity contribution in [2.24, 2.45) is 5.10 Å². The zero-order valence-corrected chi connectivity index (χ0v) is 11.1. The molecule has 2 aliphatic heterocycles. The average Bonchev–Trinajstić information content (AvgIpc) is 2.81. The van der Waals surface area contributed by atoms with E-state index in [1.54, 1.807) is 5.01 Å². The summed E-state index contributed by atoms with van der Waals surface area (Å²) in [5.74, 6) is 1.58. The lowest BCUT2D eigenvalue weighted by molar-refractivity contribution is -0.130. The molecule has 2 aliphatic rings. The van der Waals surface area contributed by atoms with Crippen molar-refractivity contribution in [2.45, 2.75) is 26.7 Å². The molecular weight excluding hydrogens is 244 g/mol. The number of nitrogens with zero attached hydrogens (tertiary/aromatic N) is 2. The first-order valence-corrected chi connectivity index (χ1v) is 6.47. The number of ether oxygens (including phenoxy) is 2. The molecule has 100 valence electrons. The highest BCUT2D eigenvalue weighted by atomic mass is 16.7. The van der Waals surface area contributed by atoms with Gasteiger partial charge in [0.15, 0.2) is 11.5 Å². The van der Waals surface area contributed by atoms with Gasteiger partial charge in [-0.25, -0.2) is 5.01 Å². The van der Waals surface area contributed by atoms with Gasteiger partial charge in [-0.05, 0) is 31.0 Å². The number of benzene rings is 1. The fourth-order valence-electron chi connectivity index (χ4n) is 2.40. The smallest absolute Gasteiger partial charge is 0.242 e. The van der Waals surface area contributed by atoms with Crippen LogP contribution in [0.15, 0.2) is 17.2 Å². The van der Waals surface area contributed by atoms with E-state index in [1.165, 1.54) is 0 Å². The van der Waals surface area contributed by atoms with E-state index in [0.717, 1.165) is 34.8 Å². The van der Waals surface area contributed by atoms with Crippen LogP contribution in [0, 0.1) is 0 Å². The van der Waals surface area contributed by atoms with Crippen LogP contribution in [0.25, 0.3) is 0 Å². The van der Waals surface area contributed by atoms with Crippen molar-refractivity contribution in [2.75, 3.05) is 13.3 Å². The van der Waals surface area contributed by atoms with Crippen LogP contribution in [0.4, 0.5) is 0 Å². The Morgan fingerprint density at radius 2 is 2.11 bits per heavy atom. The number of amides is 1. The highest BCUT2D eigenvalue weighted by molar-refractivity contribution is 6.01. The number of carbonyl (C=O) groups excluding carboxylic acids is 1. The molecule has 0 saturated carbocycles. The number of hydrazone groups is 1. The zero-order valence-electron chi connectivity index (χ0n) is 11.1. The molecule has 0 N–H and O–H groups in total. The second-order valence-electron chi connectivity index (χ2n) is 4.67. The molecule has 0 aromatic heterocycles. The van der Waals surface area contributed by atoms with Crippen LogP contribution >= 0.6 is 0 Å². The Hall–Kier alpha value is -2.04. The number of carbonyl (C=O) groups is 1. The van der Waals surface area contributed by atoms with Gasteiger partial charge in [0.05, 0.1) is 5.71 Å². The Kier molecular flexibility index (Phi) is 2.89. The molecule has 0 fully saturated rings. The van der Waals surface area contributed by atoms with Gasteiger partial charge in [0.1, 0.15) is 0 Å². The molecule has 0 radical (unpaired) electrons. The van der Waals surface area contributed by atoms with Gasteiger partial charge < -0.3 is 9.47 Å². The second kappa shape index (κ2) is 4.57. The summed E-state index contributed by atoms with van der Waals surface area (Å²) in [5.41, 5.74) is 3.03. The van der Waals surface area contributed by atoms with E-state index in [9.17, 15) is 4.79 Å². The Labute approximate surface area is 111 Å². The average molecular weight is 260 g/mol. The molecule has 2 heterocycles. The van der Waals surface area contributed by atoms with E-state index in [4.69, 9.17) is 9.47 Å². The van der Waals surface area contributed by atoms with Crippen LogP contribution in [0.1, 0.15) is 31.4 Å². The molecule has 0 spiro atoms. The molecule has 3 rings (SSSR count). The van der Waals surface area contributed by atoms with Gasteiger partial charge in [-0.15, -0.1) is 0 Å². The van der Waals surface area contributed by atoms with E-state index in [0.29, 0.717) is 13.0 Å². The van der Waals surface area contributed by atoms with Gasteiger partial charge in [-0.2, -0.15) is 5.10 Å². The fourth-order valence-corrected chi connectivity index (χ4v) is 2.40. The summed E-state index contributed by atoms with van der Waals surface area (Å²) in [6.45, 7) is 4.65. The first kappa shape index (κ1) is 12.0. The number of rotatable bonds is 1. The molecule has 0 unspecified atom stereocenters. The molecule has 0 aliphatic carbocycles. The number of hydrogen-bond acceptors (Lipinski definition) is 4. The van der Waals surface area contributed by atoms with Crippen molar-refractivity contribution < 1.29 is 14.3 Å². The third-order valence-electron chi connectivity index (χ3n) is 3.44. The van der Waals surface area contributed by atoms with Crippen molar-refractivity contribution in [3.05, 3.63) is 23.3 Å². The van der Waals surface area contributed by atoms with Crippen molar-refractivity contribution in [3.63, 3.8) is 0 Å². The maximum atomic E-state index is 11.8. The molecule has 0 saturated heterocycles. The van der Waals surface area contributed by atoms with Gasteiger partial charge in [-0.1, -0.05) is 6.92 Å². The fraction of sp³-hybridized carbons (Fsp3) is 0.429. The van der Waals surface area contributed by atoms with Crippen LogP contribution in [0.3, 0.4) is 0 Å². The van der Waals surface area contributed by atoms with E-state index in [1.807, 2.05) is 26.0 Å². The van der Waals surface area contributed by atoms with Crippen LogP contribution in [-0.4, -0.2) is 30.0 Å². The van der Waals surface area contributed by atoms with E-state index >= 15 is 0 Å². The van der Waals surface area contributed by atoms with Crippen molar-refractivity contribution in [3.8, 4) is 11.5 Å². The Morgan fingerprint density at radius 1 is 1.37 bits per heavy atom. The number of hydrogen-bond donors (Lipinski definition) is 0. The lowest BCUT2D eigenvalue weighted by Crippen LogP contribution is -2.26. The van der Waals surface area contributed by atoms with Gasteiger partial charge in [0.25, 0.3) is 0 Å². The third kappa shape index (κ3) is 2.05. The van der Waals surface area contributed by atoms with Gasteiger partial charge in [0.2, 0.25) is 12.7 Å². The highest BCUT2D eigenvalue weighted by Crippen LogP contribution is 2.36. The lowest BCUT2D eigenvalue weighted by atomic mass is 10.0. The minimum atomic E-state index is 0.0483. The van der Waals surface area contributed by atoms with Crippen LogP contribution in [0.2, 0.25) is 0 Å². The summed E-state index contributed by atoms with van der Waals surface area (Å²) in [6, 6.07) is 3.95. The van der Waals surface area contributed by atoms with Crippen LogP contribution in [-0.2, 0) is 11.2 Å². The van der Waals surface area contributed by atoms with Crippen molar-refractivity contribution >= 4 is 11.6 Å². The summed E-state index contributed by atoms with van der Waals surface area (Å²) < 4.78 is 10.8. The number of fused-ring (bicyclic) bond motifs is 2. The first-order valence-electron chi connectivity index (χ1n) is 6.47. The maximum Gasteiger partial charge on any atom is 0.242 e. The van der Waals surface area contributed by atoms with E-state index in [-0.39, 0.29) is 12.7 Å². The Bertz CT molecular complexity index is 566. The molecule has 0 bridgehead atoms. The maximum absolute atomic E-state index is 11.8. The van der Waals surface area contributed by atoms with Crippen LogP contribution in [0.5, 0.6) is 11.5 Å². The summed E-state index contributed by atoms with van der Waals surface area (Å²) >= 11 is 0. The lowest BCUT2D eigenvalue weighted by Gasteiger charge is -2.14. The van der Waals surface area contributed by atoms with Crippen molar-refractivity contribution in [1.29, 1.82) is 0 Å². The molecule has 1 aromatic rings. The minimum absolute atomic E-state index is 0.0483. The highest BCUT2D eigenvalue weighted by Gasteiger charge is 2.22. The van der Waals surface area contributed by atoms with Gasteiger partial charge >= 0.3 is 0 Å². The van der Waals surface area contributed by atoms with Gasteiger partial charge in [0, 0.05) is 18.5 Å². The molecule has 5 nitrogen and oxygen atoms in total. The molecule has 19 heavy (non-hydrogen) atoms. The summed E-state index contributed by atoms with van der Waals surface area (Å²) in [4.78, 5) is 11.8. The Balaban J connectivity index is 2.00. The van der Waals surface area contributed by atoms with E-state index in [2.05, 4.69) is 5.10 Å². The standard InChI is InChI=1S/C14H16N2O3/c1-3-14(17)16-5-4-10-6-12-13(19-8-18-12)7-11(10)9(2)15-16/h6-7H,3-5,8H2,1-2H3. The van der Waals surface area contributed by atoms with Crippen LogP contribution < -0.4 is 9.47 Å². The second-order valence-corrected chi connectivity index (χ2v) is 4.67. The molecule has 1 aromatic carbocycles. The molecule has 1 amide bonds.